The Bertz CT molecular complexity index is 696. The number of aliphatic hydroxyl groups excluding tert-OH is 1. The number of benzene rings is 1. The van der Waals surface area contributed by atoms with E-state index in [0.29, 0.717) is 5.69 Å². The maximum Gasteiger partial charge on any atom is 0.266 e. The second-order valence-electron chi connectivity index (χ2n) is 3.62. The van der Waals surface area contributed by atoms with Crippen LogP contribution in [0.15, 0.2) is 48.8 Å². The van der Waals surface area contributed by atoms with Crippen molar-refractivity contribution in [2.24, 2.45) is 0 Å². The highest BCUT2D eigenvalue weighted by Crippen LogP contribution is 2.28. The summed E-state index contributed by atoms with van der Waals surface area (Å²) in [6.07, 6.45) is 0. The predicted molar refractivity (Wildman–Crippen MR) is 77.3 cm³/mol. The molecule has 0 aliphatic carbocycles. The molecule has 2 rings (SSSR count). The second kappa shape index (κ2) is 5.66. The first kappa shape index (κ1) is 14.6. The number of rotatable bonds is 4. The van der Waals surface area contributed by atoms with Crippen LogP contribution >= 0.6 is 31.9 Å². The first-order valence-corrected chi connectivity index (χ1v) is 8.17. The maximum atomic E-state index is 12.2. The van der Waals surface area contributed by atoms with Gasteiger partial charge in [0.15, 0.2) is 4.67 Å². The fourth-order valence-electron chi connectivity index (χ4n) is 1.42. The van der Waals surface area contributed by atoms with E-state index in [1.165, 1.54) is 6.07 Å². The molecule has 0 bridgehead atoms. The average Bonchev–Trinajstić information content (AvgIpc) is 2.71. The molecule has 0 unspecified atom stereocenters. The van der Waals surface area contributed by atoms with Gasteiger partial charge in [0.05, 0.1) is 0 Å². The van der Waals surface area contributed by atoms with E-state index >= 15 is 0 Å². The van der Waals surface area contributed by atoms with Crippen LogP contribution in [0.3, 0.4) is 0 Å². The van der Waals surface area contributed by atoms with Gasteiger partial charge in [-0.25, -0.2) is 8.42 Å². The first-order valence-electron chi connectivity index (χ1n) is 5.10. The lowest BCUT2D eigenvalue weighted by molar-refractivity contribution is 0.245. The minimum Gasteiger partial charge on any atom is -0.450 e. The van der Waals surface area contributed by atoms with Crippen LogP contribution in [0.5, 0.6) is 0 Å². The number of halogens is 2. The van der Waals surface area contributed by atoms with Gasteiger partial charge in [-0.3, -0.25) is 4.72 Å². The summed E-state index contributed by atoms with van der Waals surface area (Å²) in [5.74, 6) is 0.168. The quantitative estimate of drug-likeness (QED) is 0.811. The molecule has 2 aromatic rings. The Balaban J connectivity index is 2.34. The van der Waals surface area contributed by atoms with Crippen LogP contribution < -0.4 is 4.72 Å². The fourth-order valence-corrected chi connectivity index (χ4v) is 3.87. The van der Waals surface area contributed by atoms with Gasteiger partial charge in [0, 0.05) is 16.2 Å². The number of nitrogens with one attached hydrogen (secondary N) is 1. The van der Waals surface area contributed by atoms with E-state index in [1.807, 2.05) is 0 Å². The molecular weight excluding hydrogens is 402 g/mol. The zero-order valence-electron chi connectivity index (χ0n) is 9.43. The number of aliphatic hydroxyl groups is 1. The van der Waals surface area contributed by atoms with Crippen LogP contribution in [0.1, 0.15) is 5.76 Å². The van der Waals surface area contributed by atoms with Gasteiger partial charge < -0.3 is 9.52 Å². The molecule has 0 amide bonds. The van der Waals surface area contributed by atoms with E-state index < -0.39 is 10.0 Å². The summed E-state index contributed by atoms with van der Waals surface area (Å²) in [4.78, 5) is -0.0588. The Labute approximate surface area is 126 Å². The van der Waals surface area contributed by atoms with E-state index in [2.05, 4.69) is 36.6 Å². The molecular formula is C11H9Br2NO4S. The van der Waals surface area contributed by atoms with Crippen molar-refractivity contribution in [3.8, 4) is 0 Å². The Morgan fingerprint density at radius 1 is 1.26 bits per heavy atom. The van der Waals surface area contributed by atoms with Crippen molar-refractivity contribution in [2.45, 2.75) is 11.5 Å². The van der Waals surface area contributed by atoms with Gasteiger partial charge in [0.1, 0.15) is 17.3 Å². The average molecular weight is 411 g/mol. The van der Waals surface area contributed by atoms with E-state index in [4.69, 9.17) is 9.52 Å². The third-order valence-corrected chi connectivity index (χ3v) is 4.96. The molecule has 1 aromatic heterocycles. The van der Waals surface area contributed by atoms with Crippen LogP contribution in [0.25, 0.3) is 0 Å². The summed E-state index contributed by atoms with van der Waals surface area (Å²) >= 11 is 6.28. The van der Waals surface area contributed by atoms with Gasteiger partial charge >= 0.3 is 0 Å². The van der Waals surface area contributed by atoms with Crippen molar-refractivity contribution < 1.29 is 17.9 Å². The van der Waals surface area contributed by atoms with Gasteiger partial charge in [-0.15, -0.1) is 0 Å². The highest BCUT2D eigenvalue weighted by Gasteiger charge is 2.22. The number of hydrogen-bond acceptors (Lipinski definition) is 4. The summed E-state index contributed by atoms with van der Waals surface area (Å²) in [5, 5.41) is 8.93. The Hall–Kier alpha value is -0.830. The van der Waals surface area contributed by atoms with Crippen molar-refractivity contribution in [1.82, 2.24) is 0 Å². The Morgan fingerprint density at radius 2 is 2.00 bits per heavy atom. The normalized spacial score (nSPS) is 11.5. The summed E-state index contributed by atoms with van der Waals surface area (Å²) in [7, 11) is -3.77. The summed E-state index contributed by atoms with van der Waals surface area (Å²) in [5.41, 5.74) is 0.424. The molecule has 0 fully saturated rings. The number of furan rings is 1. The summed E-state index contributed by atoms with van der Waals surface area (Å²) in [6.45, 7) is -0.370. The van der Waals surface area contributed by atoms with Gasteiger partial charge in [0.2, 0.25) is 0 Å². The molecule has 0 radical (unpaired) electrons. The summed E-state index contributed by atoms with van der Waals surface area (Å²) < 4.78 is 32.6. The minimum absolute atomic E-state index is 0.0547. The van der Waals surface area contributed by atoms with E-state index in [-0.39, 0.29) is 21.9 Å². The van der Waals surface area contributed by atoms with Gasteiger partial charge in [-0.2, -0.15) is 0 Å². The lowest BCUT2D eigenvalue weighted by atomic mass is 10.3. The van der Waals surface area contributed by atoms with Crippen molar-refractivity contribution in [3.63, 3.8) is 0 Å². The SMILES string of the molecule is O=S(=O)(Nc1cccc(Br)c1)c1cc(CO)oc1Br. The second-order valence-corrected chi connectivity index (χ2v) is 6.91. The third kappa shape index (κ3) is 3.38. The Kier molecular flexibility index (Phi) is 4.34. The molecule has 102 valence electrons. The predicted octanol–water partition coefficient (Wildman–Crippen LogP) is 3.10. The molecule has 0 aliphatic rings. The fraction of sp³-hybridized carbons (Fsp3) is 0.0909. The largest absolute Gasteiger partial charge is 0.450 e. The van der Waals surface area contributed by atoms with Crippen molar-refractivity contribution in [3.05, 3.63) is 45.2 Å². The molecule has 19 heavy (non-hydrogen) atoms. The first-order chi connectivity index (χ1) is 8.92. The van der Waals surface area contributed by atoms with E-state index in [0.717, 1.165) is 4.47 Å². The molecule has 5 nitrogen and oxygen atoms in total. The molecule has 0 saturated carbocycles. The van der Waals surface area contributed by atoms with E-state index in [1.54, 1.807) is 24.3 Å². The highest BCUT2D eigenvalue weighted by atomic mass is 79.9. The van der Waals surface area contributed by atoms with Crippen molar-refractivity contribution in [2.75, 3.05) is 4.72 Å². The lowest BCUT2D eigenvalue weighted by Crippen LogP contribution is -2.12. The lowest BCUT2D eigenvalue weighted by Gasteiger charge is -2.06. The highest BCUT2D eigenvalue weighted by molar-refractivity contribution is 9.10. The van der Waals surface area contributed by atoms with Crippen LogP contribution in [-0.4, -0.2) is 13.5 Å². The Morgan fingerprint density at radius 3 is 2.58 bits per heavy atom. The molecule has 8 heteroatoms. The van der Waals surface area contributed by atoms with Crippen LogP contribution in [0, 0.1) is 0 Å². The van der Waals surface area contributed by atoms with Crippen LogP contribution in [0.4, 0.5) is 5.69 Å². The van der Waals surface area contributed by atoms with Crippen LogP contribution in [-0.2, 0) is 16.6 Å². The molecule has 1 heterocycles. The van der Waals surface area contributed by atoms with Gasteiger partial charge in [-0.05, 0) is 34.1 Å². The smallest absolute Gasteiger partial charge is 0.266 e. The van der Waals surface area contributed by atoms with Gasteiger partial charge in [0.25, 0.3) is 10.0 Å². The molecule has 0 atom stereocenters. The maximum absolute atomic E-state index is 12.2. The van der Waals surface area contributed by atoms with Crippen molar-refractivity contribution >= 4 is 47.6 Å². The standard InChI is InChI=1S/C11H9Br2NO4S/c12-7-2-1-3-8(4-7)14-19(16,17)10-5-9(6-15)18-11(10)13/h1-5,14-15H,6H2. The molecule has 1 aromatic carbocycles. The number of sulfonamides is 1. The third-order valence-electron chi connectivity index (χ3n) is 2.23. The monoisotopic (exact) mass is 409 g/mol. The van der Waals surface area contributed by atoms with Crippen molar-refractivity contribution in [1.29, 1.82) is 0 Å². The van der Waals surface area contributed by atoms with Crippen LogP contribution in [0.2, 0.25) is 0 Å². The molecule has 0 saturated heterocycles. The summed E-state index contributed by atoms with van der Waals surface area (Å²) in [6, 6.07) is 8.03. The van der Waals surface area contributed by atoms with E-state index in [9.17, 15) is 8.42 Å². The topological polar surface area (TPSA) is 79.5 Å². The zero-order valence-corrected chi connectivity index (χ0v) is 13.4. The minimum atomic E-state index is -3.77. The number of hydrogen-bond donors (Lipinski definition) is 2. The molecule has 2 N–H and O–H groups in total. The number of anilines is 1. The zero-order chi connectivity index (χ0) is 14.0. The molecule has 0 aliphatic heterocycles. The van der Waals surface area contributed by atoms with Gasteiger partial charge in [-0.1, -0.05) is 22.0 Å². The molecule has 0 spiro atoms.